The Balaban J connectivity index is 1.86. The number of nitrogens with one attached hydrogen (secondary N) is 1. The van der Waals surface area contributed by atoms with Gasteiger partial charge >= 0.3 is 0 Å². The van der Waals surface area contributed by atoms with Gasteiger partial charge < -0.3 is 10.1 Å². The van der Waals surface area contributed by atoms with Crippen molar-refractivity contribution < 1.29 is 4.74 Å². The first kappa shape index (κ1) is 14.4. The van der Waals surface area contributed by atoms with E-state index in [-0.39, 0.29) is 0 Å². The van der Waals surface area contributed by atoms with Crippen LogP contribution in [0, 0.1) is 0 Å². The Morgan fingerprint density at radius 1 is 1.35 bits per heavy atom. The van der Waals surface area contributed by atoms with Crippen LogP contribution in [-0.2, 0) is 11.8 Å². The molecule has 1 aromatic heterocycles. The van der Waals surface area contributed by atoms with Crippen LogP contribution in [0.4, 0.5) is 0 Å². The molecule has 1 aromatic rings. The number of thioether (sulfide) groups is 1. The zero-order chi connectivity index (χ0) is 12.3. The first-order chi connectivity index (χ1) is 8.34. The van der Waals surface area contributed by atoms with Crippen molar-refractivity contribution in [1.82, 2.24) is 25.5 Å². The van der Waals surface area contributed by atoms with E-state index in [4.69, 9.17) is 4.74 Å². The van der Waals surface area contributed by atoms with E-state index in [1.165, 1.54) is 0 Å². The van der Waals surface area contributed by atoms with Crippen molar-refractivity contribution in [2.24, 2.45) is 7.05 Å². The summed E-state index contributed by atoms with van der Waals surface area (Å²) in [6.07, 6.45) is 2.29. The minimum Gasteiger partial charge on any atom is -0.382 e. The molecule has 98 valence electrons. The van der Waals surface area contributed by atoms with Gasteiger partial charge in [-0.3, -0.25) is 0 Å². The van der Waals surface area contributed by atoms with Gasteiger partial charge in [-0.05, 0) is 36.7 Å². The van der Waals surface area contributed by atoms with E-state index in [1.807, 2.05) is 14.0 Å². The molecule has 0 bridgehead atoms. The second-order valence-corrected chi connectivity index (χ2v) is 4.65. The zero-order valence-electron chi connectivity index (χ0n) is 10.6. The number of hydrogen-bond donors (Lipinski definition) is 1. The van der Waals surface area contributed by atoms with Gasteiger partial charge in [-0.1, -0.05) is 11.8 Å². The van der Waals surface area contributed by atoms with Gasteiger partial charge in [0.15, 0.2) is 0 Å². The van der Waals surface area contributed by atoms with Crippen LogP contribution in [0.5, 0.6) is 0 Å². The number of hydrogen-bond acceptors (Lipinski definition) is 6. The molecule has 0 aliphatic carbocycles. The maximum atomic E-state index is 5.27. The quantitative estimate of drug-likeness (QED) is 0.493. The standard InChI is InChI=1S/C10H21N5OS/c1-3-16-8-5-4-6-11-7-9-17-10-12-13-14-15(10)2/h11H,3-9H2,1-2H3. The lowest BCUT2D eigenvalue weighted by Crippen LogP contribution is -2.19. The molecule has 0 aliphatic rings. The molecule has 0 fully saturated rings. The lowest BCUT2D eigenvalue weighted by molar-refractivity contribution is 0.143. The predicted molar refractivity (Wildman–Crippen MR) is 68.1 cm³/mol. The molecule has 0 amide bonds. The molecular weight excluding hydrogens is 238 g/mol. The Hall–Kier alpha value is -0.660. The number of aryl methyl sites for hydroxylation is 1. The third kappa shape index (κ3) is 6.60. The molecule has 0 radical (unpaired) electrons. The summed E-state index contributed by atoms with van der Waals surface area (Å²) < 4.78 is 6.95. The summed E-state index contributed by atoms with van der Waals surface area (Å²) in [5, 5.41) is 15.5. The van der Waals surface area contributed by atoms with E-state index in [1.54, 1.807) is 16.4 Å². The normalized spacial score (nSPS) is 10.9. The highest BCUT2D eigenvalue weighted by Crippen LogP contribution is 2.10. The van der Waals surface area contributed by atoms with Crippen LogP contribution >= 0.6 is 11.8 Å². The van der Waals surface area contributed by atoms with Crippen molar-refractivity contribution in [3.05, 3.63) is 0 Å². The fourth-order valence-electron chi connectivity index (χ4n) is 1.28. The number of unbranched alkanes of at least 4 members (excludes halogenated alkanes) is 1. The molecular formula is C10H21N5OS. The van der Waals surface area contributed by atoms with Crippen molar-refractivity contribution in [1.29, 1.82) is 0 Å². The Bertz CT molecular complexity index is 294. The first-order valence-corrected chi connectivity index (χ1v) is 6.96. The summed E-state index contributed by atoms with van der Waals surface area (Å²) in [5.74, 6) is 0.986. The molecule has 0 spiro atoms. The molecule has 0 saturated carbocycles. The van der Waals surface area contributed by atoms with Crippen LogP contribution in [0.2, 0.25) is 0 Å². The minimum atomic E-state index is 0.815. The second-order valence-electron chi connectivity index (χ2n) is 3.59. The van der Waals surface area contributed by atoms with E-state index < -0.39 is 0 Å². The van der Waals surface area contributed by atoms with Gasteiger partial charge in [0.05, 0.1) is 0 Å². The fraction of sp³-hybridized carbons (Fsp3) is 0.900. The number of nitrogens with zero attached hydrogens (tertiary/aromatic N) is 4. The molecule has 0 aliphatic heterocycles. The lowest BCUT2D eigenvalue weighted by atomic mass is 10.3. The van der Waals surface area contributed by atoms with E-state index in [0.717, 1.165) is 50.1 Å². The number of tetrazole rings is 1. The zero-order valence-corrected chi connectivity index (χ0v) is 11.4. The smallest absolute Gasteiger partial charge is 0.209 e. The molecule has 0 aromatic carbocycles. The van der Waals surface area contributed by atoms with E-state index in [0.29, 0.717) is 0 Å². The minimum absolute atomic E-state index is 0.815. The largest absolute Gasteiger partial charge is 0.382 e. The molecule has 7 heteroatoms. The summed E-state index contributed by atoms with van der Waals surface area (Å²) in [6.45, 7) is 5.74. The Labute approximate surface area is 106 Å². The molecule has 1 heterocycles. The van der Waals surface area contributed by atoms with Crippen LogP contribution < -0.4 is 5.32 Å². The lowest BCUT2D eigenvalue weighted by Gasteiger charge is -2.04. The highest BCUT2D eigenvalue weighted by Gasteiger charge is 2.01. The van der Waals surface area contributed by atoms with Gasteiger partial charge in [0.1, 0.15) is 0 Å². The molecule has 1 rings (SSSR count). The molecule has 0 saturated heterocycles. The van der Waals surface area contributed by atoms with Crippen molar-refractivity contribution in [2.75, 3.05) is 32.1 Å². The maximum Gasteiger partial charge on any atom is 0.209 e. The molecule has 0 unspecified atom stereocenters. The average molecular weight is 259 g/mol. The predicted octanol–water partition coefficient (Wildman–Crippen LogP) is 0.708. The maximum absolute atomic E-state index is 5.27. The van der Waals surface area contributed by atoms with Crippen LogP contribution in [0.15, 0.2) is 5.16 Å². The molecule has 6 nitrogen and oxygen atoms in total. The van der Waals surface area contributed by atoms with Crippen molar-refractivity contribution in [2.45, 2.75) is 24.9 Å². The van der Waals surface area contributed by atoms with Gasteiger partial charge in [0.2, 0.25) is 5.16 Å². The summed E-state index contributed by atoms with van der Waals surface area (Å²) in [5.41, 5.74) is 0. The third-order valence-electron chi connectivity index (χ3n) is 2.19. The van der Waals surface area contributed by atoms with E-state index >= 15 is 0 Å². The van der Waals surface area contributed by atoms with Crippen LogP contribution in [0.25, 0.3) is 0 Å². The molecule has 1 N–H and O–H groups in total. The van der Waals surface area contributed by atoms with Gasteiger partial charge in [-0.15, -0.1) is 5.10 Å². The van der Waals surface area contributed by atoms with Gasteiger partial charge in [0, 0.05) is 32.6 Å². The van der Waals surface area contributed by atoms with Crippen LogP contribution in [0.1, 0.15) is 19.8 Å². The SMILES string of the molecule is CCOCCCCNCCSc1nnnn1C. The van der Waals surface area contributed by atoms with Gasteiger partial charge in [-0.25, -0.2) is 4.68 Å². The Morgan fingerprint density at radius 2 is 2.24 bits per heavy atom. The number of rotatable bonds is 10. The fourth-order valence-corrected chi connectivity index (χ4v) is 2.03. The topological polar surface area (TPSA) is 64.9 Å². The Morgan fingerprint density at radius 3 is 2.94 bits per heavy atom. The summed E-state index contributed by atoms with van der Waals surface area (Å²) >= 11 is 1.67. The monoisotopic (exact) mass is 259 g/mol. The van der Waals surface area contributed by atoms with Crippen molar-refractivity contribution >= 4 is 11.8 Å². The van der Waals surface area contributed by atoms with E-state index in [9.17, 15) is 0 Å². The van der Waals surface area contributed by atoms with Crippen molar-refractivity contribution in [3.63, 3.8) is 0 Å². The highest BCUT2D eigenvalue weighted by atomic mass is 32.2. The highest BCUT2D eigenvalue weighted by molar-refractivity contribution is 7.99. The third-order valence-corrected chi connectivity index (χ3v) is 3.20. The summed E-state index contributed by atoms with van der Waals surface area (Å²) in [4.78, 5) is 0. The van der Waals surface area contributed by atoms with Crippen LogP contribution in [-0.4, -0.2) is 52.3 Å². The summed E-state index contributed by atoms with van der Waals surface area (Å²) in [7, 11) is 1.85. The number of ether oxygens (including phenoxy) is 1. The molecule has 0 atom stereocenters. The van der Waals surface area contributed by atoms with Gasteiger partial charge in [0.25, 0.3) is 0 Å². The summed E-state index contributed by atoms with van der Waals surface area (Å²) in [6, 6.07) is 0. The van der Waals surface area contributed by atoms with E-state index in [2.05, 4.69) is 20.8 Å². The first-order valence-electron chi connectivity index (χ1n) is 5.98. The Kier molecular flexibility index (Phi) is 7.94. The average Bonchev–Trinajstić information content (AvgIpc) is 2.73. The number of aromatic nitrogens is 4. The van der Waals surface area contributed by atoms with Crippen molar-refractivity contribution in [3.8, 4) is 0 Å². The van der Waals surface area contributed by atoms with Gasteiger partial charge in [-0.2, -0.15) is 0 Å². The van der Waals surface area contributed by atoms with Crippen LogP contribution in [0.3, 0.4) is 0 Å². The second kappa shape index (κ2) is 9.38. The molecule has 17 heavy (non-hydrogen) atoms.